The van der Waals surface area contributed by atoms with E-state index < -0.39 is 5.51 Å². The van der Waals surface area contributed by atoms with Crippen molar-refractivity contribution in [3.8, 4) is 0 Å². The molecule has 0 aliphatic carbocycles. The van der Waals surface area contributed by atoms with Gasteiger partial charge >= 0.3 is 5.51 Å². The van der Waals surface area contributed by atoms with Gasteiger partial charge in [-0.15, -0.1) is 0 Å². The van der Waals surface area contributed by atoms with Gasteiger partial charge in [0.05, 0.1) is 6.61 Å². The molecule has 0 bridgehead atoms. The van der Waals surface area contributed by atoms with Crippen molar-refractivity contribution >= 4 is 23.4 Å². The normalized spacial score (nSPS) is 13.4. The van der Waals surface area contributed by atoms with Crippen molar-refractivity contribution in [1.29, 1.82) is 0 Å². The first kappa shape index (κ1) is 18.6. The van der Waals surface area contributed by atoms with E-state index in [4.69, 9.17) is 16.3 Å². The van der Waals surface area contributed by atoms with Crippen LogP contribution in [0.25, 0.3) is 0 Å². The molecule has 0 heterocycles. The maximum Gasteiger partial charge on any atom is 0.441 e. The second kappa shape index (κ2) is 9.56. The summed E-state index contributed by atoms with van der Waals surface area (Å²) in [6.45, 7) is 1.83. The zero-order valence-corrected chi connectivity index (χ0v) is 13.3. The van der Waals surface area contributed by atoms with Gasteiger partial charge < -0.3 is 10.1 Å². The quantitative estimate of drug-likeness (QED) is 0.676. The van der Waals surface area contributed by atoms with E-state index in [-0.39, 0.29) is 23.4 Å². The van der Waals surface area contributed by atoms with Gasteiger partial charge in [0.1, 0.15) is 0 Å². The summed E-state index contributed by atoms with van der Waals surface area (Å²) >= 11 is 5.97. The fraction of sp³-hybridized carbons (Fsp3) is 0.571. The lowest BCUT2D eigenvalue weighted by Gasteiger charge is -2.18. The minimum Gasteiger partial charge on any atom is -0.383 e. The topological polar surface area (TPSA) is 21.3 Å². The average Bonchev–Trinajstić information content (AvgIpc) is 2.40. The van der Waals surface area contributed by atoms with Crippen LogP contribution in [0.15, 0.2) is 24.3 Å². The molecule has 0 aliphatic heterocycles. The van der Waals surface area contributed by atoms with Crippen LogP contribution < -0.4 is 5.32 Å². The summed E-state index contributed by atoms with van der Waals surface area (Å²) < 4.78 is 41.6. The molecule has 0 saturated heterocycles. The molecule has 120 valence electrons. The molecule has 7 heteroatoms. The monoisotopic (exact) mass is 341 g/mol. The van der Waals surface area contributed by atoms with Gasteiger partial charge in [-0.3, -0.25) is 0 Å². The molecule has 1 atom stereocenters. The Bertz CT molecular complexity index is 417. The molecule has 0 aliphatic rings. The fourth-order valence-electron chi connectivity index (χ4n) is 1.91. The van der Waals surface area contributed by atoms with Crippen molar-refractivity contribution in [3.05, 3.63) is 34.9 Å². The molecule has 0 spiro atoms. The molecule has 1 unspecified atom stereocenters. The summed E-state index contributed by atoms with van der Waals surface area (Å²) in [7, 11) is 1.61. The highest BCUT2D eigenvalue weighted by Crippen LogP contribution is 2.33. The Morgan fingerprint density at radius 2 is 2.14 bits per heavy atom. The second-order valence-electron chi connectivity index (χ2n) is 4.53. The van der Waals surface area contributed by atoms with Crippen LogP contribution >= 0.6 is 23.4 Å². The van der Waals surface area contributed by atoms with Crippen molar-refractivity contribution in [2.45, 2.75) is 17.8 Å². The Morgan fingerprint density at radius 3 is 2.76 bits per heavy atom. The standard InChI is InChI=1S/C14H19ClF3NOS/c1-20-7-6-19-10-12(5-8-21-14(16,17)18)11-3-2-4-13(15)9-11/h2-4,9,12,19H,5-8,10H2,1H3. The highest BCUT2D eigenvalue weighted by molar-refractivity contribution is 8.00. The fourth-order valence-corrected chi connectivity index (χ4v) is 2.75. The average molecular weight is 342 g/mol. The second-order valence-corrected chi connectivity index (χ2v) is 6.13. The Labute approximate surface area is 132 Å². The van der Waals surface area contributed by atoms with Crippen LogP contribution in [0.4, 0.5) is 13.2 Å². The van der Waals surface area contributed by atoms with Crippen LogP contribution in [0.5, 0.6) is 0 Å². The molecule has 0 radical (unpaired) electrons. The van der Waals surface area contributed by atoms with Gasteiger partial charge in [0.25, 0.3) is 0 Å². The first-order valence-electron chi connectivity index (χ1n) is 6.58. The number of rotatable bonds is 9. The van der Waals surface area contributed by atoms with E-state index in [2.05, 4.69) is 5.32 Å². The van der Waals surface area contributed by atoms with E-state index >= 15 is 0 Å². The molecule has 2 nitrogen and oxygen atoms in total. The first-order valence-corrected chi connectivity index (χ1v) is 7.94. The van der Waals surface area contributed by atoms with E-state index in [1.807, 2.05) is 18.2 Å². The molecule has 1 rings (SSSR count). The third kappa shape index (κ3) is 8.56. The van der Waals surface area contributed by atoms with Gasteiger partial charge in [-0.25, -0.2) is 0 Å². The van der Waals surface area contributed by atoms with Gasteiger partial charge in [-0.05, 0) is 30.0 Å². The van der Waals surface area contributed by atoms with E-state index in [0.29, 0.717) is 31.1 Å². The number of halogens is 4. The molecular weight excluding hydrogens is 323 g/mol. The van der Waals surface area contributed by atoms with Crippen molar-refractivity contribution < 1.29 is 17.9 Å². The van der Waals surface area contributed by atoms with Gasteiger partial charge in [-0.2, -0.15) is 13.2 Å². The molecule has 0 amide bonds. The highest BCUT2D eigenvalue weighted by Gasteiger charge is 2.28. The number of hydrogen-bond donors (Lipinski definition) is 1. The molecule has 0 aromatic heterocycles. The molecule has 0 fully saturated rings. The lowest BCUT2D eigenvalue weighted by molar-refractivity contribution is -0.0328. The number of methoxy groups -OCH3 is 1. The third-order valence-corrected chi connectivity index (χ3v) is 3.93. The van der Waals surface area contributed by atoms with E-state index in [1.165, 1.54) is 0 Å². The van der Waals surface area contributed by atoms with Gasteiger partial charge in [0.15, 0.2) is 0 Å². The Hall–Kier alpha value is -0.430. The van der Waals surface area contributed by atoms with E-state index in [1.54, 1.807) is 13.2 Å². The zero-order chi connectivity index (χ0) is 15.7. The van der Waals surface area contributed by atoms with Crippen molar-refractivity contribution in [2.75, 3.05) is 32.6 Å². The summed E-state index contributed by atoms with van der Waals surface area (Å²) in [5.74, 6) is 0.0301. The molecule has 1 aromatic rings. The lowest BCUT2D eigenvalue weighted by atomic mass is 9.96. The summed E-state index contributed by atoms with van der Waals surface area (Å²) in [5, 5.41) is 3.79. The van der Waals surface area contributed by atoms with Crippen molar-refractivity contribution in [2.24, 2.45) is 0 Å². The summed E-state index contributed by atoms with van der Waals surface area (Å²) in [6.07, 6.45) is 0.435. The Morgan fingerprint density at radius 1 is 1.38 bits per heavy atom. The molecular formula is C14H19ClF3NOS. The van der Waals surface area contributed by atoms with E-state index in [9.17, 15) is 13.2 Å². The van der Waals surface area contributed by atoms with Crippen LogP contribution in [-0.2, 0) is 4.74 Å². The van der Waals surface area contributed by atoms with Crippen LogP contribution in [0.2, 0.25) is 5.02 Å². The molecule has 21 heavy (non-hydrogen) atoms. The van der Waals surface area contributed by atoms with Crippen molar-refractivity contribution in [3.63, 3.8) is 0 Å². The highest BCUT2D eigenvalue weighted by atomic mass is 35.5. The zero-order valence-electron chi connectivity index (χ0n) is 11.8. The minimum atomic E-state index is -4.18. The van der Waals surface area contributed by atoms with Gasteiger partial charge in [0, 0.05) is 31.0 Å². The molecule has 1 aromatic carbocycles. The number of alkyl halides is 3. The number of benzene rings is 1. The number of nitrogens with one attached hydrogen (secondary N) is 1. The SMILES string of the molecule is COCCNCC(CCSC(F)(F)F)c1cccc(Cl)c1. The van der Waals surface area contributed by atoms with Crippen LogP contribution in [0, 0.1) is 0 Å². The molecule has 1 N–H and O–H groups in total. The first-order chi connectivity index (χ1) is 9.92. The van der Waals surface area contributed by atoms with Crippen LogP contribution in [-0.4, -0.2) is 38.1 Å². The largest absolute Gasteiger partial charge is 0.441 e. The summed E-state index contributed by atoms with van der Waals surface area (Å²) in [5.41, 5.74) is -3.22. The van der Waals surface area contributed by atoms with Crippen molar-refractivity contribution in [1.82, 2.24) is 5.32 Å². The van der Waals surface area contributed by atoms with E-state index in [0.717, 1.165) is 5.56 Å². The smallest absolute Gasteiger partial charge is 0.383 e. The maximum absolute atomic E-state index is 12.2. The lowest BCUT2D eigenvalue weighted by Crippen LogP contribution is -2.25. The van der Waals surface area contributed by atoms with Crippen LogP contribution in [0.3, 0.4) is 0 Å². The number of thioether (sulfide) groups is 1. The predicted octanol–water partition coefficient (Wildman–Crippen LogP) is 4.30. The predicted molar refractivity (Wildman–Crippen MR) is 82.1 cm³/mol. The summed E-state index contributed by atoms with van der Waals surface area (Å²) in [6, 6.07) is 7.27. The third-order valence-electron chi connectivity index (χ3n) is 2.93. The van der Waals surface area contributed by atoms with Crippen LogP contribution in [0.1, 0.15) is 17.9 Å². The molecule has 0 saturated carbocycles. The Kier molecular flexibility index (Phi) is 8.48. The Balaban J connectivity index is 2.57. The van der Waals surface area contributed by atoms with Gasteiger partial charge in [0.2, 0.25) is 0 Å². The maximum atomic E-state index is 12.2. The minimum absolute atomic E-state index is 0.00425. The van der Waals surface area contributed by atoms with Gasteiger partial charge in [-0.1, -0.05) is 35.5 Å². The number of hydrogen-bond acceptors (Lipinski definition) is 3. The summed E-state index contributed by atoms with van der Waals surface area (Å²) in [4.78, 5) is 0. The number of ether oxygens (including phenoxy) is 1.